The van der Waals surface area contributed by atoms with Gasteiger partial charge in [0.1, 0.15) is 12.0 Å². The van der Waals surface area contributed by atoms with Crippen LogP contribution in [0.25, 0.3) is 0 Å². The lowest BCUT2D eigenvalue weighted by molar-refractivity contribution is 0.0602. The zero-order valence-electron chi connectivity index (χ0n) is 15.5. The van der Waals surface area contributed by atoms with Gasteiger partial charge in [-0.05, 0) is 44.2 Å². The molecule has 4 N–H and O–H groups in total. The molecule has 0 fully saturated rings. The van der Waals surface area contributed by atoms with Gasteiger partial charge in [-0.1, -0.05) is 23.8 Å². The summed E-state index contributed by atoms with van der Waals surface area (Å²) in [6.45, 7) is 0.769. The molecule has 0 unspecified atom stereocenters. The lowest BCUT2D eigenvalue weighted by Crippen LogP contribution is -2.11. The molecule has 0 atom stereocenters. The van der Waals surface area contributed by atoms with Crippen molar-refractivity contribution in [1.82, 2.24) is 9.97 Å². The zero-order valence-corrected chi connectivity index (χ0v) is 15.5. The Morgan fingerprint density at radius 3 is 2.81 bits per heavy atom. The molecular formula is C20H25N5O2. The second kappa shape index (κ2) is 9.02. The highest BCUT2D eigenvalue weighted by molar-refractivity contribution is 5.97. The molecule has 0 aliphatic heterocycles. The van der Waals surface area contributed by atoms with E-state index >= 15 is 0 Å². The van der Waals surface area contributed by atoms with E-state index in [0.29, 0.717) is 28.6 Å². The largest absolute Gasteiger partial charge is 0.465 e. The normalized spacial score (nSPS) is 13.6. The van der Waals surface area contributed by atoms with Crippen LogP contribution < -0.4 is 16.4 Å². The number of allylic oxidation sites excluding steroid dienone is 1. The van der Waals surface area contributed by atoms with Crippen molar-refractivity contribution in [3.8, 4) is 0 Å². The number of para-hydroxylation sites is 1. The quantitative estimate of drug-likeness (QED) is 0.504. The Kier molecular flexibility index (Phi) is 6.25. The number of aromatic nitrogens is 2. The number of carbonyl (C=O) groups is 1. The van der Waals surface area contributed by atoms with Gasteiger partial charge in [-0.15, -0.1) is 0 Å². The van der Waals surface area contributed by atoms with Crippen LogP contribution in [0.3, 0.4) is 0 Å². The fourth-order valence-corrected chi connectivity index (χ4v) is 3.12. The Balaban J connectivity index is 1.70. The fourth-order valence-electron chi connectivity index (χ4n) is 3.12. The van der Waals surface area contributed by atoms with E-state index in [1.165, 1.54) is 44.7 Å². The van der Waals surface area contributed by atoms with Crippen LogP contribution in [-0.2, 0) is 4.74 Å². The predicted octanol–water partition coefficient (Wildman–Crippen LogP) is 3.89. The SMILES string of the molecule is COC(=O)c1ccccc1Nc1ncnc(NCCC2=CCCCC2)c1N. The van der Waals surface area contributed by atoms with Crippen LogP contribution in [0, 0.1) is 0 Å². The molecule has 7 nitrogen and oxygen atoms in total. The van der Waals surface area contributed by atoms with Crippen molar-refractivity contribution < 1.29 is 9.53 Å². The Morgan fingerprint density at radius 2 is 2.04 bits per heavy atom. The van der Waals surface area contributed by atoms with E-state index < -0.39 is 5.97 Å². The molecule has 2 aromatic rings. The number of benzene rings is 1. The number of esters is 1. The van der Waals surface area contributed by atoms with Gasteiger partial charge >= 0.3 is 5.97 Å². The van der Waals surface area contributed by atoms with Crippen LogP contribution in [0.1, 0.15) is 42.5 Å². The van der Waals surface area contributed by atoms with E-state index in [-0.39, 0.29) is 0 Å². The summed E-state index contributed by atoms with van der Waals surface area (Å²) in [6, 6.07) is 7.05. The fraction of sp³-hybridized carbons (Fsp3) is 0.350. The number of nitrogens with two attached hydrogens (primary N) is 1. The molecule has 3 rings (SSSR count). The average molecular weight is 367 g/mol. The molecule has 1 aromatic carbocycles. The van der Waals surface area contributed by atoms with Crippen LogP contribution >= 0.6 is 0 Å². The molecule has 142 valence electrons. The van der Waals surface area contributed by atoms with Crippen molar-refractivity contribution >= 4 is 29.0 Å². The van der Waals surface area contributed by atoms with Gasteiger partial charge in [-0.2, -0.15) is 0 Å². The number of nitrogen functional groups attached to an aromatic ring is 1. The molecule has 0 radical (unpaired) electrons. The average Bonchev–Trinajstić information content (AvgIpc) is 2.71. The van der Waals surface area contributed by atoms with Crippen molar-refractivity contribution in [3.63, 3.8) is 0 Å². The third-order valence-electron chi connectivity index (χ3n) is 4.59. The van der Waals surface area contributed by atoms with Crippen LogP contribution in [0.15, 0.2) is 42.2 Å². The zero-order chi connectivity index (χ0) is 19.1. The Morgan fingerprint density at radius 1 is 1.22 bits per heavy atom. The van der Waals surface area contributed by atoms with Gasteiger partial charge in [0.2, 0.25) is 0 Å². The molecule has 0 bridgehead atoms. The Bertz CT molecular complexity index is 835. The minimum atomic E-state index is -0.426. The summed E-state index contributed by atoms with van der Waals surface area (Å²) in [5.41, 5.74) is 9.12. The monoisotopic (exact) mass is 367 g/mol. The van der Waals surface area contributed by atoms with Gasteiger partial charge in [0.15, 0.2) is 11.6 Å². The molecule has 0 spiro atoms. The highest BCUT2D eigenvalue weighted by atomic mass is 16.5. The number of rotatable bonds is 7. The minimum absolute atomic E-state index is 0.412. The van der Waals surface area contributed by atoms with E-state index in [2.05, 4.69) is 26.7 Å². The number of nitrogens with one attached hydrogen (secondary N) is 2. The molecule has 1 aromatic heterocycles. The number of hydrogen-bond donors (Lipinski definition) is 3. The maximum atomic E-state index is 11.9. The smallest absolute Gasteiger partial charge is 0.339 e. The number of hydrogen-bond acceptors (Lipinski definition) is 7. The van der Waals surface area contributed by atoms with E-state index in [9.17, 15) is 4.79 Å². The molecule has 0 amide bonds. The first-order valence-corrected chi connectivity index (χ1v) is 9.15. The van der Waals surface area contributed by atoms with Crippen LogP contribution in [-0.4, -0.2) is 29.6 Å². The first kappa shape index (κ1) is 18.7. The number of methoxy groups -OCH3 is 1. The van der Waals surface area contributed by atoms with E-state index in [1.807, 2.05) is 6.07 Å². The Hall–Kier alpha value is -3.09. The number of ether oxygens (including phenoxy) is 1. The maximum Gasteiger partial charge on any atom is 0.339 e. The highest BCUT2D eigenvalue weighted by Gasteiger charge is 2.14. The standard InChI is InChI=1S/C20H25N5O2/c1-27-20(26)15-9-5-6-10-16(15)25-19-17(21)18(23-13-24-19)22-12-11-14-7-3-2-4-8-14/h5-7,9-10,13H,2-4,8,11-12,21H2,1H3,(H2,22,23,24,25). The summed E-state index contributed by atoms with van der Waals surface area (Å²) in [7, 11) is 1.35. The first-order chi connectivity index (χ1) is 13.2. The lowest BCUT2D eigenvalue weighted by Gasteiger charge is -2.15. The van der Waals surface area contributed by atoms with Crippen molar-refractivity contribution in [3.05, 3.63) is 47.8 Å². The van der Waals surface area contributed by atoms with Crippen molar-refractivity contribution in [2.24, 2.45) is 0 Å². The van der Waals surface area contributed by atoms with Crippen molar-refractivity contribution in [1.29, 1.82) is 0 Å². The minimum Gasteiger partial charge on any atom is -0.465 e. The molecule has 27 heavy (non-hydrogen) atoms. The molecule has 0 saturated heterocycles. The van der Waals surface area contributed by atoms with Crippen molar-refractivity contribution in [2.75, 3.05) is 30.0 Å². The summed E-state index contributed by atoms with van der Waals surface area (Å²) in [4.78, 5) is 20.4. The first-order valence-electron chi connectivity index (χ1n) is 9.15. The summed E-state index contributed by atoms with van der Waals surface area (Å²) < 4.78 is 4.82. The van der Waals surface area contributed by atoms with Gasteiger partial charge in [0.05, 0.1) is 18.4 Å². The van der Waals surface area contributed by atoms with Gasteiger partial charge < -0.3 is 21.1 Å². The molecular weight excluding hydrogens is 342 g/mol. The van der Waals surface area contributed by atoms with E-state index in [1.54, 1.807) is 18.2 Å². The molecule has 1 heterocycles. The van der Waals surface area contributed by atoms with Gasteiger partial charge in [-0.3, -0.25) is 0 Å². The van der Waals surface area contributed by atoms with Crippen LogP contribution in [0.2, 0.25) is 0 Å². The van der Waals surface area contributed by atoms with E-state index in [0.717, 1.165) is 13.0 Å². The molecule has 7 heteroatoms. The van der Waals surface area contributed by atoms with Gasteiger partial charge in [-0.25, -0.2) is 14.8 Å². The summed E-state index contributed by atoms with van der Waals surface area (Å²) >= 11 is 0. The summed E-state index contributed by atoms with van der Waals surface area (Å²) in [6.07, 6.45) is 9.69. The topological polar surface area (TPSA) is 102 Å². The lowest BCUT2D eigenvalue weighted by atomic mass is 9.97. The third-order valence-corrected chi connectivity index (χ3v) is 4.59. The summed E-state index contributed by atoms with van der Waals surface area (Å²) in [5.74, 6) is 0.602. The number of anilines is 4. The van der Waals surface area contributed by atoms with Crippen LogP contribution in [0.5, 0.6) is 0 Å². The van der Waals surface area contributed by atoms with E-state index in [4.69, 9.17) is 10.5 Å². The highest BCUT2D eigenvalue weighted by Crippen LogP contribution is 2.28. The maximum absolute atomic E-state index is 11.9. The number of nitrogens with zero attached hydrogens (tertiary/aromatic N) is 2. The van der Waals surface area contributed by atoms with Crippen molar-refractivity contribution in [2.45, 2.75) is 32.1 Å². The molecule has 1 aliphatic carbocycles. The molecule has 1 aliphatic rings. The van der Waals surface area contributed by atoms with Crippen LogP contribution in [0.4, 0.5) is 23.0 Å². The second-order valence-corrected chi connectivity index (χ2v) is 6.43. The Labute approximate surface area is 159 Å². The van der Waals surface area contributed by atoms with Gasteiger partial charge in [0, 0.05) is 6.54 Å². The predicted molar refractivity (Wildman–Crippen MR) is 107 cm³/mol. The number of carbonyl (C=O) groups excluding carboxylic acids is 1. The second-order valence-electron chi connectivity index (χ2n) is 6.43. The molecule has 0 saturated carbocycles. The summed E-state index contributed by atoms with van der Waals surface area (Å²) in [5, 5.41) is 6.39. The van der Waals surface area contributed by atoms with Gasteiger partial charge in [0.25, 0.3) is 0 Å². The third kappa shape index (κ3) is 4.75.